The Morgan fingerprint density at radius 2 is 1.70 bits per heavy atom. The van der Waals surface area contributed by atoms with Crippen molar-refractivity contribution in [3.63, 3.8) is 0 Å². The van der Waals surface area contributed by atoms with E-state index < -0.39 is 0 Å². The molecule has 0 spiro atoms. The molecule has 1 N–H and O–H groups in total. The van der Waals surface area contributed by atoms with Gasteiger partial charge in [0, 0.05) is 69.5 Å². The Kier molecular flexibility index (Phi) is 5.52. The van der Waals surface area contributed by atoms with Crippen molar-refractivity contribution in [3.8, 4) is 0 Å². The minimum Gasteiger partial charge on any atom is -0.379 e. The number of ether oxygens (including phenoxy) is 1. The summed E-state index contributed by atoms with van der Waals surface area (Å²) in [7, 11) is 0. The quantitative estimate of drug-likeness (QED) is 0.616. The van der Waals surface area contributed by atoms with E-state index in [1.165, 1.54) is 17.2 Å². The highest BCUT2D eigenvalue weighted by Gasteiger charge is 2.29. The first kappa shape index (κ1) is 21.3. The first-order valence-corrected chi connectivity index (χ1v) is 12.9. The molecule has 3 fully saturated rings. The minimum absolute atomic E-state index is 0.137. The van der Waals surface area contributed by atoms with Crippen LogP contribution in [-0.4, -0.2) is 84.3 Å². The van der Waals surface area contributed by atoms with E-state index in [0.717, 1.165) is 94.3 Å². The zero-order valence-corrected chi connectivity index (χ0v) is 20.0. The van der Waals surface area contributed by atoms with Gasteiger partial charge in [-0.2, -0.15) is 0 Å². The molecule has 33 heavy (non-hydrogen) atoms. The van der Waals surface area contributed by atoms with E-state index in [0.29, 0.717) is 16.8 Å². The fourth-order valence-electron chi connectivity index (χ4n) is 5.33. The molecule has 9 heteroatoms. The second-order valence-electron chi connectivity index (χ2n) is 9.58. The van der Waals surface area contributed by atoms with Crippen molar-refractivity contribution in [1.29, 1.82) is 0 Å². The van der Waals surface area contributed by atoms with Crippen LogP contribution in [0.25, 0.3) is 21.1 Å². The number of morpholine rings is 1. The van der Waals surface area contributed by atoms with Gasteiger partial charge in [-0.3, -0.25) is 23.8 Å². The molecule has 0 amide bonds. The van der Waals surface area contributed by atoms with Gasteiger partial charge in [0.1, 0.15) is 10.2 Å². The molecular weight excluding hydrogens is 438 g/mol. The Labute approximate surface area is 196 Å². The maximum atomic E-state index is 13.2. The molecular formula is C24H31N5O3S. The van der Waals surface area contributed by atoms with Gasteiger partial charge in [0.25, 0.3) is 5.56 Å². The number of hydrogen-bond donors (Lipinski definition) is 1. The number of aryl methyl sites for hydroxylation is 1. The van der Waals surface area contributed by atoms with E-state index in [2.05, 4.69) is 36.6 Å². The number of rotatable bonds is 5. The summed E-state index contributed by atoms with van der Waals surface area (Å²) in [5.74, 6) is 0. The topological polar surface area (TPSA) is 73.8 Å². The highest BCUT2D eigenvalue weighted by atomic mass is 32.1. The number of benzene rings is 1. The maximum Gasteiger partial charge on any atom is 0.271 e. The van der Waals surface area contributed by atoms with Gasteiger partial charge >= 0.3 is 0 Å². The summed E-state index contributed by atoms with van der Waals surface area (Å²) in [5, 5.41) is 0.990. The molecule has 176 valence electrons. The molecule has 1 aromatic carbocycles. The van der Waals surface area contributed by atoms with Crippen LogP contribution < -0.4 is 15.9 Å². The van der Waals surface area contributed by atoms with Crippen molar-refractivity contribution in [2.45, 2.75) is 25.8 Å². The van der Waals surface area contributed by atoms with Gasteiger partial charge in [0.15, 0.2) is 0 Å². The summed E-state index contributed by atoms with van der Waals surface area (Å²) in [6.45, 7) is 12.2. The number of H-pyrrole nitrogens is 1. The second-order valence-corrected chi connectivity index (χ2v) is 10.4. The first-order valence-electron chi connectivity index (χ1n) is 12.1. The van der Waals surface area contributed by atoms with E-state index in [4.69, 9.17) is 4.74 Å². The SMILES string of the molecule is Cc1cc2c(=O)c3c(=O)[nH]sc3n(C3CC3)c2cc1N1CCN(CCN2CCOCC2)CC1. The van der Waals surface area contributed by atoms with Crippen molar-refractivity contribution in [3.05, 3.63) is 38.3 Å². The largest absolute Gasteiger partial charge is 0.379 e. The van der Waals surface area contributed by atoms with E-state index >= 15 is 0 Å². The van der Waals surface area contributed by atoms with E-state index in [9.17, 15) is 9.59 Å². The summed E-state index contributed by atoms with van der Waals surface area (Å²) in [5.41, 5.74) is 2.90. The van der Waals surface area contributed by atoms with Crippen molar-refractivity contribution in [2.75, 3.05) is 70.5 Å². The summed E-state index contributed by atoms with van der Waals surface area (Å²) < 4.78 is 10.5. The molecule has 6 rings (SSSR count). The smallest absolute Gasteiger partial charge is 0.271 e. The van der Waals surface area contributed by atoms with Crippen LogP contribution in [0.3, 0.4) is 0 Å². The van der Waals surface area contributed by atoms with Crippen LogP contribution in [0, 0.1) is 6.92 Å². The lowest BCUT2D eigenvalue weighted by molar-refractivity contribution is 0.0331. The normalized spacial score (nSPS) is 20.8. The number of piperazine rings is 1. The third-order valence-corrected chi connectivity index (χ3v) is 8.29. The van der Waals surface area contributed by atoms with Gasteiger partial charge in [-0.15, -0.1) is 0 Å². The predicted molar refractivity (Wildman–Crippen MR) is 133 cm³/mol. The fourth-order valence-corrected chi connectivity index (χ4v) is 6.26. The van der Waals surface area contributed by atoms with Gasteiger partial charge in [0.2, 0.25) is 5.43 Å². The van der Waals surface area contributed by atoms with E-state index in [1.807, 2.05) is 6.07 Å². The van der Waals surface area contributed by atoms with E-state index in [1.54, 1.807) is 0 Å². The van der Waals surface area contributed by atoms with Gasteiger partial charge in [-0.1, -0.05) is 0 Å². The Morgan fingerprint density at radius 3 is 2.39 bits per heavy atom. The Bertz CT molecular complexity index is 1290. The monoisotopic (exact) mass is 469 g/mol. The van der Waals surface area contributed by atoms with Crippen LogP contribution in [0.2, 0.25) is 0 Å². The number of nitrogens with zero attached hydrogens (tertiary/aromatic N) is 4. The number of aromatic nitrogens is 2. The molecule has 1 saturated carbocycles. The van der Waals surface area contributed by atoms with Crippen LogP contribution in [0.15, 0.2) is 21.7 Å². The molecule has 2 aliphatic heterocycles. The van der Waals surface area contributed by atoms with Crippen LogP contribution in [-0.2, 0) is 4.74 Å². The number of anilines is 1. The number of nitrogens with one attached hydrogen (secondary N) is 1. The number of pyridine rings is 1. The highest BCUT2D eigenvalue weighted by molar-refractivity contribution is 7.12. The number of aromatic amines is 1. The second kappa shape index (κ2) is 8.54. The standard InChI is InChI=1S/C24H31N5O3S/c1-16-14-18-20(29(17-2-3-17)24-21(22(18)30)23(31)25-33-24)15-19(16)28-8-6-26(7-9-28)4-5-27-10-12-32-13-11-27/h14-15,17H,2-13H2,1H3,(H,25,31). The van der Waals surface area contributed by atoms with Crippen molar-refractivity contribution in [1.82, 2.24) is 18.7 Å². The third kappa shape index (κ3) is 3.90. The molecule has 4 heterocycles. The van der Waals surface area contributed by atoms with Crippen LogP contribution >= 0.6 is 11.5 Å². The van der Waals surface area contributed by atoms with Crippen molar-refractivity contribution < 1.29 is 4.74 Å². The summed E-state index contributed by atoms with van der Waals surface area (Å²) >= 11 is 1.29. The summed E-state index contributed by atoms with van der Waals surface area (Å²) in [4.78, 5) is 33.8. The summed E-state index contributed by atoms with van der Waals surface area (Å²) in [6.07, 6.45) is 2.20. The van der Waals surface area contributed by atoms with Crippen LogP contribution in [0.5, 0.6) is 0 Å². The van der Waals surface area contributed by atoms with Crippen molar-refractivity contribution >= 4 is 38.3 Å². The molecule has 0 radical (unpaired) electrons. The fraction of sp³-hybridized carbons (Fsp3) is 0.583. The molecule has 8 nitrogen and oxygen atoms in total. The Morgan fingerprint density at radius 1 is 1.00 bits per heavy atom. The molecule has 3 aliphatic rings. The highest BCUT2D eigenvalue weighted by Crippen LogP contribution is 2.40. The average molecular weight is 470 g/mol. The molecule has 0 unspecified atom stereocenters. The van der Waals surface area contributed by atoms with Crippen molar-refractivity contribution in [2.24, 2.45) is 0 Å². The zero-order valence-electron chi connectivity index (χ0n) is 19.1. The first-order chi connectivity index (χ1) is 16.1. The Balaban J connectivity index is 1.26. The minimum atomic E-state index is -0.258. The predicted octanol–water partition coefficient (Wildman–Crippen LogP) is 2.00. The number of fused-ring (bicyclic) bond motifs is 2. The van der Waals surface area contributed by atoms with Crippen LogP contribution in [0.1, 0.15) is 24.4 Å². The molecule has 2 saturated heterocycles. The molecule has 0 bridgehead atoms. The van der Waals surface area contributed by atoms with Gasteiger partial charge in [-0.05, 0) is 49.0 Å². The van der Waals surface area contributed by atoms with Gasteiger partial charge in [0.05, 0.1) is 18.7 Å². The molecule has 1 aliphatic carbocycles. The molecule has 3 aromatic rings. The van der Waals surface area contributed by atoms with Gasteiger partial charge < -0.3 is 14.2 Å². The van der Waals surface area contributed by atoms with Crippen LogP contribution in [0.4, 0.5) is 5.69 Å². The third-order valence-electron chi connectivity index (χ3n) is 7.41. The lowest BCUT2D eigenvalue weighted by Gasteiger charge is -2.38. The number of hydrogen-bond acceptors (Lipinski definition) is 7. The van der Waals surface area contributed by atoms with E-state index in [-0.39, 0.29) is 11.0 Å². The average Bonchev–Trinajstić information content (AvgIpc) is 3.60. The molecule has 0 atom stereocenters. The molecule has 2 aromatic heterocycles. The summed E-state index contributed by atoms with van der Waals surface area (Å²) in [6, 6.07) is 4.60. The zero-order chi connectivity index (χ0) is 22.5. The lowest BCUT2D eigenvalue weighted by Crippen LogP contribution is -2.49. The lowest BCUT2D eigenvalue weighted by atomic mass is 10.1. The van der Waals surface area contributed by atoms with Gasteiger partial charge in [-0.25, -0.2) is 0 Å². The maximum absolute atomic E-state index is 13.2. The Hall–Kier alpha value is -2.20.